The van der Waals surface area contributed by atoms with Crippen molar-refractivity contribution in [3.05, 3.63) is 71.8 Å². The van der Waals surface area contributed by atoms with Crippen LogP contribution in [0.4, 0.5) is 0 Å². The minimum atomic E-state index is 0.0430. The van der Waals surface area contributed by atoms with Gasteiger partial charge in [0.2, 0.25) is 0 Å². The number of hydrogen-bond donors (Lipinski definition) is 0. The molecule has 0 amide bonds. The molecule has 0 radical (unpaired) electrons. The second-order valence-corrected chi connectivity index (χ2v) is 4.23. The molecule has 17 heavy (non-hydrogen) atoms. The first kappa shape index (κ1) is 10.5. The summed E-state index contributed by atoms with van der Waals surface area (Å²) < 4.78 is 0. The van der Waals surface area contributed by atoms with Crippen LogP contribution in [0.3, 0.4) is 0 Å². The SMILES string of the molecule is c1ccc([C@@H]2C[C@@H](c3ccccc3)OO2)cc1. The highest BCUT2D eigenvalue weighted by atomic mass is 17.2. The Balaban J connectivity index is 1.75. The van der Waals surface area contributed by atoms with Crippen LogP contribution in [0, 0.1) is 0 Å². The van der Waals surface area contributed by atoms with Crippen LogP contribution in [0.2, 0.25) is 0 Å². The van der Waals surface area contributed by atoms with Crippen molar-refractivity contribution in [3.63, 3.8) is 0 Å². The fourth-order valence-corrected chi connectivity index (χ4v) is 2.13. The standard InChI is InChI=1S/C15H14O2/c1-3-7-12(8-4-1)14-11-15(17-16-14)13-9-5-2-6-10-13/h1-10,14-15H,11H2/t14-,15-/m0/s1. The smallest absolute Gasteiger partial charge is 0.121 e. The van der Waals surface area contributed by atoms with Gasteiger partial charge in [-0.25, -0.2) is 9.78 Å². The number of benzene rings is 2. The van der Waals surface area contributed by atoms with Gasteiger partial charge in [0.1, 0.15) is 12.2 Å². The number of hydrogen-bond acceptors (Lipinski definition) is 2. The van der Waals surface area contributed by atoms with Crippen molar-refractivity contribution in [1.29, 1.82) is 0 Å². The molecule has 0 aliphatic carbocycles. The van der Waals surface area contributed by atoms with Gasteiger partial charge in [0.25, 0.3) is 0 Å². The molecule has 0 bridgehead atoms. The fourth-order valence-electron chi connectivity index (χ4n) is 2.13. The van der Waals surface area contributed by atoms with Gasteiger partial charge in [-0.1, -0.05) is 60.7 Å². The van der Waals surface area contributed by atoms with Crippen molar-refractivity contribution in [3.8, 4) is 0 Å². The van der Waals surface area contributed by atoms with E-state index in [2.05, 4.69) is 24.3 Å². The molecule has 0 saturated carbocycles. The van der Waals surface area contributed by atoms with Gasteiger partial charge in [0.05, 0.1) is 0 Å². The summed E-state index contributed by atoms with van der Waals surface area (Å²) >= 11 is 0. The van der Waals surface area contributed by atoms with E-state index in [-0.39, 0.29) is 12.2 Å². The van der Waals surface area contributed by atoms with Gasteiger partial charge in [-0.2, -0.15) is 0 Å². The van der Waals surface area contributed by atoms with Crippen LogP contribution < -0.4 is 0 Å². The van der Waals surface area contributed by atoms with E-state index in [1.54, 1.807) is 0 Å². The first-order chi connectivity index (χ1) is 8.43. The third-order valence-corrected chi connectivity index (χ3v) is 3.06. The van der Waals surface area contributed by atoms with Gasteiger partial charge >= 0.3 is 0 Å². The van der Waals surface area contributed by atoms with E-state index in [0.717, 1.165) is 6.42 Å². The maximum atomic E-state index is 5.41. The lowest BCUT2D eigenvalue weighted by Gasteiger charge is -2.06. The summed E-state index contributed by atoms with van der Waals surface area (Å²) in [6.45, 7) is 0. The topological polar surface area (TPSA) is 18.5 Å². The molecule has 0 unspecified atom stereocenters. The van der Waals surface area contributed by atoms with Crippen LogP contribution in [0.1, 0.15) is 29.8 Å². The van der Waals surface area contributed by atoms with E-state index in [0.29, 0.717) is 0 Å². The monoisotopic (exact) mass is 226 g/mol. The summed E-state index contributed by atoms with van der Waals surface area (Å²) in [5, 5.41) is 0. The Morgan fingerprint density at radius 2 is 1.06 bits per heavy atom. The molecule has 1 fully saturated rings. The molecule has 0 spiro atoms. The summed E-state index contributed by atoms with van der Waals surface area (Å²) in [5.74, 6) is 0. The molecule has 2 aromatic rings. The van der Waals surface area contributed by atoms with Crippen LogP contribution >= 0.6 is 0 Å². The summed E-state index contributed by atoms with van der Waals surface area (Å²) in [7, 11) is 0. The van der Waals surface area contributed by atoms with E-state index >= 15 is 0 Å². The zero-order valence-corrected chi connectivity index (χ0v) is 9.45. The largest absolute Gasteiger partial charge is 0.228 e. The first-order valence-corrected chi connectivity index (χ1v) is 5.85. The van der Waals surface area contributed by atoms with Gasteiger partial charge in [-0.15, -0.1) is 0 Å². The lowest BCUT2D eigenvalue weighted by Crippen LogP contribution is -1.95. The Kier molecular flexibility index (Phi) is 2.90. The second kappa shape index (κ2) is 4.70. The highest BCUT2D eigenvalue weighted by Gasteiger charge is 2.29. The van der Waals surface area contributed by atoms with E-state index in [9.17, 15) is 0 Å². The average Bonchev–Trinajstić information content (AvgIpc) is 2.90. The minimum absolute atomic E-state index is 0.0430. The zero-order valence-electron chi connectivity index (χ0n) is 9.45. The molecule has 2 nitrogen and oxygen atoms in total. The lowest BCUT2D eigenvalue weighted by molar-refractivity contribution is -0.300. The molecular formula is C15H14O2. The van der Waals surface area contributed by atoms with Crippen molar-refractivity contribution in [2.45, 2.75) is 18.6 Å². The Hall–Kier alpha value is -1.64. The van der Waals surface area contributed by atoms with E-state index in [1.165, 1.54) is 11.1 Å². The molecule has 1 aliphatic heterocycles. The predicted molar refractivity (Wildman–Crippen MR) is 65.2 cm³/mol. The predicted octanol–water partition coefficient (Wildman–Crippen LogP) is 3.82. The highest BCUT2D eigenvalue weighted by Crippen LogP contribution is 2.38. The van der Waals surface area contributed by atoms with Gasteiger partial charge in [0, 0.05) is 6.42 Å². The summed E-state index contributed by atoms with van der Waals surface area (Å²) in [4.78, 5) is 10.8. The molecule has 2 heteroatoms. The van der Waals surface area contributed by atoms with E-state index in [4.69, 9.17) is 9.78 Å². The normalized spacial score (nSPS) is 23.8. The Labute approximate surface area is 101 Å². The zero-order chi connectivity index (χ0) is 11.5. The van der Waals surface area contributed by atoms with Crippen LogP contribution in [-0.4, -0.2) is 0 Å². The second-order valence-electron chi connectivity index (χ2n) is 4.23. The average molecular weight is 226 g/mol. The lowest BCUT2D eigenvalue weighted by atomic mass is 10.00. The Morgan fingerprint density at radius 3 is 1.47 bits per heavy atom. The highest BCUT2D eigenvalue weighted by molar-refractivity contribution is 5.22. The van der Waals surface area contributed by atoms with E-state index < -0.39 is 0 Å². The van der Waals surface area contributed by atoms with Gasteiger partial charge < -0.3 is 0 Å². The van der Waals surface area contributed by atoms with Crippen molar-refractivity contribution >= 4 is 0 Å². The Morgan fingerprint density at radius 1 is 0.647 bits per heavy atom. The van der Waals surface area contributed by atoms with Crippen molar-refractivity contribution in [2.75, 3.05) is 0 Å². The maximum absolute atomic E-state index is 5.41. The van der Waals surface area contributed by atoms with Crippen LogP contribution in [0.5, 0.6) is 0 Å². The first-order valence-electron chi connectivity index (χ1n) is 5.85. The Bertz CT molecular complexity index is 421. The van der Waals surface area contributed by atoms with Crippen LogP contribution in [-0.2, 0) is 9.78 Å². The molecule has 3 rings (SSSR count). The fraction of sp³-hybridized carbons (Fsp3) is 0.200. The van der Waals surface area contributed by atoms with Gasteiger partial charge in [-0.05, 0) is 11.1 Å². The summed E-state index contributed by atoms with van der Waals surface area (Å²) in [6, 6.07) is 20.4. The summed E-state index contributed by atoms with van der Waals surface area (Å²) in [5.41, 5.74) is 2.34. The molecule has 1 heterocycles. The van der Waals surface area contributed by atoms with Gasteiger partial charge in [-0.3, -0.25) is 0 Å². The van der Waals surface area contributed by atoms with Crippen molar-refractivity contribution in [2.24, 2.45) is 0 Å². The van der Waals surface area contributed by atoms with Crippen LogP contribution in [0.25, 0.3) is 0 Å². The number of rotatable bonds is 2. The molecule has 2 aromatic carbocycles. The molecule has 0 N–H and O–H groups in total. The molecule has 1 saturated heterocycles. The van der Waals surface area contributed by atoms with Crippen molar-refractivity contribution < 1.29 is 9.78 Å². The minimum Gasteiger partial charge on any atom is -0.228 e. The summed E-state index contributed by atoms with van der Waals surface area (Å²) in [6.07, 6.45) is 0.955. The third-order valence-electron chi connectivity index (χ3n) is 3.06. The third kappa shape index (κ3) is 2.23. The van der Waals surface area contributed by atoms with Gasteiger partial charge in [0.15, 0.2) is 0 Å². The molecule has 86 valence electrons. The van der Waals surface area contributed by atoms with Crippen molar-refractivity contribution in [1.82, 2.24) is 0 Å². The quantitative estimate of drug-likeness (QED) is 0.725. The molecular weight excluding hydrogens is 212 g/mol. The molecule has 1 aliphatic rings. The molecule has 2 atom stereocenters. The van der Waals surface area contributed by atoms with E-state index in [1.807, 2.05) is 36.4 Å². The molecule has 0 aromatic heterocycles. The van der Waals surface area contributed by atoms with Crippen LogP contribution in [0.15, 0.2) is 60.7 Å². The maximum Gasteiger partial charge on any atom is 0.121 e.